The van der Waals surface area contributed by atoms with Crippen LogP contribution in [0.2, 0.25) is 10.0 Å². The van der Waals surface area contributed by atoms with Gasteiger partial charge in [-0.25, -0.2) is 4.98 Å². The van der Waals surface area contributed by atoms with Gasteiger partial charge in [-0.05, 0) is 65.9 Å². The zero-order chi connectivity index (χ0) is 25.8. The van der Waals surface area contributed by atoms with Crippen molar-refractivity contribution in [3.8, 4) is 16.9 Å². The van der Waals surface area contributed by atoms with Gasteiger partial charge in [0.1, 0.15) is 12.1 Å². The molecule has 1 fully saturated rings. The maximum absolute atomic E-state index is 10.9. The summed E-state index contributed by atoms with van der Waals surface area (Å²) in [4.78, 5) is 22.6. The number of benzene rings is 2. The number of anilines is 3. The number of phenolic OH excluding ortho intramolecular Hbond substituents is 1. The Bertz CT molecular complexity index is 1400. The van der Waals surface area contributed by atoms with Crippen molar-refractivity contribution in [2.24, 2.45) is 0 Å². The monoisotopic (exact) mass is 535 g/mol. The summed E-state index contributed by atoms with van der Waals surface area (Å²) in [6, 6.07) is 13.4. The highest BCUT2D eigenvalue weighted by Crippen LogP contribution is 2.38. The molecule has 2 aromatic heterocycles. The summed E-state index contributed by atoms with van der Waals surface area (Å²) in [7, 11) is 0. The third-order valence-electron chi connectivity index (χ3n) is 6.52. The number of aromatic nitrogens is 2. The Balaban J connectivity index is 1.53. The molecule has 1 aliphatic rings. The Hall–Kier alpha value is -3.39. The van der Waals surface area contributed by atoms with Crippen molar-refractivity contribution in [1.82, 2.24) is 15.3 Å². The minimum Gasteiger partial charge on any atom is -0.505 e. The first kappa shape index (κ1) is 25.3. The van der Waals surface area contributed by atoms with Crippen LogP contribution in [0.25, 0.3) is 22.0 Å². The predicted octanol–water partition coefficient (Wildman–Crippen LogP) is 5.98. The molecule has 1 saturated heterocycles. The van der Waals surface area contributed by atoms with E-state index in [2.05, 4.69) is 20.5 Å². The fourth-order valence-corrected chi connectivity index (χ4v) is 5.03. The highest BCUT2D eigenvalue weighted by molar-refractivity contribution is 6.37. The molecular formula is C28H27Cl2N5O2. The van der Waals surface area contributed by atoms with Crippen molar-refractivity contribution < 1.29 is 9.90 Å². The topological polar surface area (TPSA) is 90.4 Å². The number of nitrogens with one attached hydrogen (secondary N) is 2. The number of halogens is 2. The lowest BCUT2D eigenvalue weighted by atomic mass is 9.99. The molecule has 0 aliphatic carbocycles. The Kier molecular flexibility index (Phi) is 7.74. The number of unbranched alkanes of at least 4 members (excludes halogenated alkanes) is 1. The molecule has 1 aliphatic heterocycles. The molecule has 0 amide bonds. The van der Waals surface area contributed by atoms with E-state index in [0.717, 1.165) is 83.7 Å². The Morgan fingerprint density at radius 2 is 1.78 bits per heavy atom. The van der Waals surface area contributed by atoms with Gasteiger partial charge in [-0.3, -0.25) is 4.98 Å². The molecule has 37 heavy (non-hydrogen) atoms. The van der Waals surface area contributed by atoms with Crippen LogP contribution in [-0.2, 0) is 11.2 Å². The first-order chi connectivity index (χ1) is 18.0. The van der Waals surface area contributed by atoms with Crippen molar-refractivity contribution in [3.05, 3.63) is 70.5 Å². The van der Waals surface area contributed by atoms with Gasteiger partial charge >= 0.3 is 0 Å². The summed E-state index contributed by atoms with van der Waals surface area (Å²) in [5.41, 5.74) is 5.30. The zero-order valence-corrected chi connectivity index (χ0v) is 21.7. The highest BCUT2D eigenvalue weighted by atomic mass is 35.5. The van der Waals surface area contributed by atoms with Gasteiger partial charge in [-0.1, -0.05) is 29.3 Å². The summed E-state index contributed by atoms with van der Waals surface area (Å²) >= 11 is 12.4. The average Bonchev–Trinajstić information content (AvgIpc) is 2.93. The van der Waals surface area contributed by atoms with E-state index < -0.39 is 0 Å². The normalized spacial score (nSPS) is 13.6. The molecule has 7 nitrogen and oxygen atoms in total. The van der Waals surface area contributed by atoms with E-state index in [1.165, 1.54) is 0 Å². The number of aryl methyl sites for hydroxylation is 1. The largest absolute Gasteiger partial charge is 0.505 e. The Morgan fingerprint density at radius 1 is 1.00 bits per heavy atom. The van der Waals surface area contributed by atoms with Crippen molar-refractivity contribution in [3.63, 3.8) is 0 Å². The molecule has 5 rings (SSSR count). The van der Waals surface area contributed by atoms with Gasteiger partial charge in [0.2, 0.25) is 0 Å². The summed E-state index contributed by atoms with van der Waals surface area (Å²) in [6.45, 7) is 3.77. The molecule has 9 heteroatoms. The van der Waals surface area contributed by atoms with Crippen molar-refractivity contribution in [2.45, 2.75) is 19.3 Å². The summed E-state index contributed by atoms with van der Waals surface area (Å²) in [6.07, 6.45) is 6.58. The Morgan fingerprint density at radius 3 is 2.49 bits per heavy atom. The molecule has 3 N–H and O–H groups in total. The van der Waals surface area contributed by atoms with Crippen molar-refractivity contribution in [2.75, 3.05) is 36.4 Å². The quantitative estimate of drug-likeness (QED) is 0.188. The van der Waals surface area contributed by atoms with Gasteiger partial charge in [-0.2, -0.15) is 0 Å². The third-order valence-corrected chi connectivity index (χ3v) is 7.10. The van der Waals surface area contributed by atoms with Gasteiger partial charge in [0.15, 0.2) is 5.75 Å². The minimum absolute atomic E-state index is 0.133. The molecule has 0 saturated carbocycles. The van der Waals surface area contributed by atoms with Crippen LogP contribution in [0.15, 0.2) is 54.9 Å². The van der Waals surface area contributed by atoms with Gasteiger partial charge < -0.3 is 25.4 Å². The number of pyridine rings is 2. The standard InChI is InChI=1S/C28H27Cl2N5O2/c29-23-14-20(15-24(30)28(23)37)18-4-6-25-22(13-18)27(19(16-32-25)3-1-2-12-36)34-21-5-7-26(33-17-21)35-10-8-31-9-11-35/h4-7,12-17,31,37H,1-3,8-11H2,(H,32,34). The lowest BCUT2D eigenvalue weighted by molar-refractivity contribution is -0.107. The fourth-order valence-electron chi connectivity index (χ4n) is 4.54. The summed E-state index contributed by atoms with van der Waals surface area (Å²) in [5, 5.41) is 18.2. The van der Waals surface area contributed by atoms with E-state index >= 15 is 0 Å². The highest BCUT2D eigenvalue weighted by Gasteiger charge is 2.15. The first-order valence-electron chi connectivity index (χ1n) is 12.3. The summed E-state index contributed by atoms with van der Waals surface area (Å²) < 4.78 is 0. The van der Waals surface area contributed by atoms with Gasteiger partial charge in [-0.15, -0.1) is 0 Å². The molecule has 190 valence electrons. The number of carbonyl (C=O) groups is 1. The SMILES string of the molecule is O=CCCCc1cnc2ccc(-c3cc(Cl)c(O)c(Cl)c3)cc2c1Nc1ccc(N2CCNCC2)nc1. The number of fused-ring (bicyclic) bond motifs is 1. The number of carbonyl (C=O) groups excluding carboxylic acids is 1. The maximum atomic E-state index is 10.9. The fraction of sp³-hybridized carbons (Fsp3) is 0.250. The van der Waals surface area contributed by atoms with E-state index in [9.17, 15) is 9.90 Å². The molecule has 0 unspecified atom stereocenters. The lowest BCUT2D eigenvalue weighted by Gasteiger charge is -2.28. The number of aromatic hydroxyl groups is 1. The molecule has 2 aromatic carbocycles. The third kappa shape index (κ3) is 5.64. The molecule has 4 aromatic rings. The smallest absolute Gasteiger partial charge is 0.152 e. The molecule has 3 heterocycles. The maximum Gasteiger partial charge on any atom is 0.152 e. The predicted molar refractivity (Wildman–Crippen MR) is 150 cm³/mol. The second kappa shape index (κ2) is 11.3. The van der Waals surface area contributed by atoms with E-state index in [1.807, 2.05) is 42.7 Å². The van der Waals surface area contributed by atoms with E-state index in [-0.39, 0.29) is 15.8 Å². The van der Waals surface area contributed by atoms with Crippen LogP contribution < -0.4 is 15.5 Å². The molecule has 0 radical (unpaired) electrons. The van der Waals surface area contributed by atoms with E-state index in [4.69, 9.17) is 28.2 Å². The minimum atomic E-state index is -0.133. The number of aldehydes is 1. The molecule has 0 atom stereocenters. The van der Waals surface area contributed by atoms with Crippen LogP contribution in [0.3, 0.4) is 0 Å². The van der Waals surface area contributed by atoms with Crippen LogP contribution >= 0.6 is 23.2 Å². The van der Waals surface area contributed by atoms with Crippen LogP contribution in [-0.4, -0.2) is 47.5 Å². The van der Waals surface area contributed by atoms with Crippen LogP contribution in [0.5, 0.6) is 5.75 Å². The average molecular weight is 536 g/mol. The number of hydrogen-bond donors (Lipinski definition) is 3. The van der Waals surface area contributed by atoms with Gasteiger partial charge in [0.05, 0.1) is 33.1 Å². The summed E-state index contributed by atoms with van der Waals surface area (Å²) in [5.74, 6) is 0.826. The number of piperazine rings is 1. The lowest BCUT2D eigenvalue weighted by Crippen LogP contribution is -2.43. The Labute approximate surface area is 225 Å². The number of nitrogens with zero attached hydrogens (tertiary/aromatic N) is 3. The van der Waals surface area contributed by atoms with Crippen molar-refractivity contribution >= 4 is 57.6 Å². The number of phenols is 1. The van der Waals surface area contributed by atoms with Crippen LogP contribution in [0.1, 0.15) is 18.4 Å². The number of rotatable bonds is 8. The van der Waals surface area contributed by atoms with Gasteiger partial charge in [0, 0.05) is 44.2 Å². The second-order valence-corrected chi connectivity index (χ2v) is 9.82. The van der Waals surface area contributed by atoms with E-state index in [1.54, 1.807) is 12.1 Å². The zero-order valence-electron chi connectivity index (χ0n) is 20.2. The molecular weight excluding hydrogens is 509 g/mol. The van der Waals surface area contributed by atoms with Crippen molar-refractivity contribution in [1.29, 1.82) is 0 Å². The van der Waals surface area contributed by atoms with Crippen LogP contribution in [0, 0.1) is 0 Å². The molecule has 0 spiro atoms. The second-order valence-electron chi connectivity index (χ2n) is 9.00. The first-order valence-corrected chi connectivity index (χ1v) is 13.0. The van der Waals surface area contributed by atoms with E-state index in [0.29, 0.717) is 12.8 Å². The van der Waals surface area contributed by atoms with Gasteiger partial charge in [0.25, 0.3) is 0 Å². The van der Waals surface area contributed by atoms with Crippen LogP contribution in [0.4, 0.5) is 17.2 Å². The molecule has 0 bridgehead atoms. The number of hydrogen-bond acceptors (Lipinski definition) is 7.